The summed E-state index contributed by atoms with van der Waals surface area (Å²) in [6.45, 7) is 9.70. The summed E-state index contributed by atoms with van der Waals surface area (Å²) in [4.78, 5) is 39.3. The van der Waals surface area contributed by atoms with Crippen LogP contribution in [0.4, 0.5) is 4.79 Å². The summed E-state index contributed by atoms with van der Waals surface area (Å²) in [5, 5.41) is 14.9. The van der Waals surface area contributed by atoms with Crippen molar-refractivity contribution < 1.29 is 24.2 Å². The second kappa shape index (κ2) is 12.0. The van der Waals surface area contributed by atoms with E-state index in [1.165, 1.54) is 17.0 Å². The minimum absolute atomic E-state index is 0.0730. The number of phenolic OH excluding ortho intramolecular Hbond substituents is 1. The predicted octanol–water partition coefficient (Wildman–Crippen LogP) is 3.11. The molecule has 1 rings (SSSR count). The van der Waals surface area contributed by atoms with Crippen LogP contribution in [0.25, 0.3) is 0 Å². The van der Waals surface area contributed by atoms with Crippen molar-refractivity contribution in [3.8, 4) is 5.75 Å². The van der Waals surface area contributed by atoms with E-state index < -0.39 is 23.6 Å². The smallest absolute Gasteiger partial charge is 0.408 e. The zero-order valence-electron chi connectivity index (χ0n) is 18.7. The SMILES string of the molecule is CCCCNC(=O)C(c1ccc(O)cc1)N(CCC)C(=O)CNC(=O)OC(C)(C)C. The van der Waals surface area contributed by atoms with Gasteiger partial charge in [-0.25, -0.2) is 4.79 Å². The molecule has 8 nitrogen and oxygen atoms in total. The van der Waals surface area contributed by atoms with Crippen LogP contribution in [0.5, 0.6) is 5.75 Å². The molecule has 30 heavy (non-hydrogen) atoms. The van der Waals surface area contributed by atoms with E-state index in [9.17, 15) is 19.5 Å². The first-order chi connectivity index (χ1) is 14.1. The highest BCUT2D eigenvalue weighted by Crippen LogP contribution is 2.24. The van der Waals surface area contributed by atoms with Gasteiger partial charge in [-0.15, -0.1) is 0 Å². The predicted molar refractivity (Wildman–Crippen MR) is 115 cm³/mol. The average molecular weight is 422 g/mol. The van der Waals surface area contributed by atoms with Crippen LogP contribution < -0.4 is 10.6 Å². The number of alkyl carbamates (subject to hydrolysis) is 1. The lowest BCUT2D eigenvalue weighted by atomic mass is 10.0. The first kappa shape index (κ1) is 25.3. The Hall–Kier alpha value is -2.77. The third kappa shape index (κ3) is 8.71. The molecule has 0 saturated carbocycles. The highest BCUT2D eigenvalue weighted by atomic mass is 16.6. The second-order valence-corrected chi connectivity index (χ2v) is 8.08. The van der Waals surface area contributed by atoms with Gasteiger partial charge in [0.25, 0.3) is 0 Å². The molecule has 0 bridgehead atoms. The number of hydrogen-bond donors (Lipinski definition) is 3. The van der Waals surface area contributed by atoms with Crippen LogP contribution in [0.3, 0.4) is 0 Å². The molecule has 0 heterocycles. The van der Waals surface area contributed by atoms with Crippen LogP contribution in [-0.4, -0.2) is 53.1 Å². The summed E-state index contributed by atoms with van der Waals surface area (Å²) in [5.74, 6) is -0.622. The normalized spacial score (nSPS) is 12.0. The Morgan fingerprint density at radius 2 is 1.70 bits per heavy atom. The Balaban J connectivity index is 3.04. The molecule has 1 unspecified atom stereocenters. The number of unbranched alkanes of at least 4 members (excludes halogenated alkanes) is 1. The van der Waals surface area contributed by atoms with Gasteiger partial charge in [-0.3, -0.25) is 9.59 Å². The number of amides is 3. The molecular weight excluding hydrogens is 386 g/mol. The molecule has 3 N–H and O–H groups in total. The van der Waals surface area contributed by atoms with E-state index in [1.807, 2.05) is 13.8 Å². The van der Waals surface area contributed by atoms with Crippen molar-refractivity contribution in [1.29, 1.82) is 0 Å². The lowest BCUT2D eigenvalue weighted by molar-refractivity contribution is -0.140. The maximum atomic E-state index is 13.0. The standard InChI is InChI=1S/C22H35N3O5/c1-6-8-13-23-20(28)19(16-9-11-17(26)12-10-16)25(14-7-2)18(27)15-24-21(29)30-22(3,4)5/h9-12,19,26H,6-8,13-15H2,1-5H3,(H,23,28)(H,24,29). The minimum Gasteiger partial charge on any atom is -0.508 e. The number of ether oxygens (including phenoxy) is 1. The lowest BCUT2D eigenvalue weighted by Gasteiger charge is -2.31. The van der Waals surface area contributed by atoms with Crippen LogP contribution in [-0.2, 0) is 14.3 Å². The first-order valence-corrected chi connectivity index (χ1v) is 10.4. The van der Waals surface area contributed by atoms with Crippen molar-refractivity contribution in [2.45, 2.75) is 65.5 Å². The maximum Gasteiger partial charge on any atom is 0.408 e. The molecule has 0 aromatic heterocycles. The summed E-state index contributed by atoms with van der Waals surface area (Å²) >= 11 is 0. The van der Waals surface area contributed by atoms with Gasteiger partial charge in [0, 0.05) is 13.1 Å². The van der Waals surface area contributed by atoms with Crippen molar-refractivity contribution in [3.63, 3.8) is 0 Å². The van der Waals surface area contributed by atoms with Crippen LogP contribution >= 0.6 is 0 Å². The number of nitrogens with one attached hydrogen (secondary N) is 2. The molecule has 168 valence electrons. The molecule has 0 fully saturated rings. The minimum atomic E-state index is -0.865. The fraction of sp³-hybridized carbons (Fsp3) is 0.591. The van der Waals surface area contributed by atoms with Gasteiger partial charge in [0.15, 0.2) is 0 Å². The first-order valence-electron chi connectivity index (χ1n) is 10.4. The van der Waals surface area contributed by atoms with E-state index in [2.05, 4.69) is 10.6 Å². The van der Waals surface area contributed by atoms with Crippen molar-refractivity contribution in [2.24, 2.45) is 0 Å². The van der Waals surface area contributed by atoms with Crippen molar-refractivity contribution in [2.75, 3.05) is 19.6 Å². The van der Waals surface area contributed by atoms with Gasteiger partial charge in [-0.1, -0.05) is 32.4 Å². The van der Waals surface area contributed by atoms with E-state index in [0.29, 0.717) is 25.1 Å². The Kier molecular flexibility index (Phi) is 10.1. The Bertz CT molecular complexity index is 698. The fourth-order valence-electron chi connectivity index (χ4n) is 2.82. The summed E-state index contributed by atoms with van der Waals surface area (Å²) in [6, 6.07) is 5.34. The van der Waals surface area contributed by atoms with Gasteiger partial charge in [-0.05, 0) is 51.3 Å². The molecule has 1 aromatic carbocycles. The average Bonchev–Trinajstić information content (AvgIpc) is 2.66. The third-order valence-electron chi connectivity index (χ3n) is 4.17. The molecule has 0 aliphatic heterocycles. The third-order valence-corrected chi connectivity index (χ3v) is 4.17. The van der Waals surface area contributed by atoms with Crippen molar-refractivity contribution in [1.82, 2.24) is 15.5 Å². The quantitative estimate of drug-likeness (QED) is 0.503. The topological polar surface area (TPSA) is 108 Å². The van der Waals surface area contributed by atoms with E-state index in [0.717, 1.165) is 12.8 Å². The van der Waals surface area contributed by atoms with Crippen LogP contribution in [0, 0.1) is 0 Å². The Morgan fingerprint density at radius 3 is 2.23 bits per heavy atom. The number of benzene rings is 1. The molecule has 8 heteroatoms. The van der Waals surface area contributed by atoms with Gasteiger partial charge in [0.05, 0.1) is 0 Å². The molecule has 0 aliphatic carbocycles. The number of hydrogen-bond acceptors (Lipinski definition) is 5. The molecule has 0 radical (unpaired) electrons. The largest absolute Gasteiger partial charge is 0.508 e. The van der Waals surface area contributed by atoms with Gasteiger partial charge >= 0.3 is 6.09 Å². The molecule has 1 atom stereocenters. The molecule has 0 spiro atoms. The van der Waals surface area contributed by atoms with Crippen LogP contribution in [0.15, 0.2) is 24.3 Å². The Labute approximate surface area is 179 Å². The molecular formula is C22H35N3O5. The van der Waals surface area contributed by atoms with E-state index in [1.54, 1.807) is 32.9 Å². The summed E-state index contributed by atoms with van der Waals surface area (Å²) in [7, 11) is 0. The van der Waals surface area contributed by atoms with Gasteiger partial charge in [0.1, 0.15) is 23.9 Å². The number of rotatable bonds is 10. The Morgan fingerprint density at radius 1 is 1.07 bits per heavy atom. The van der Waals surface area contributed by atoms with Crippen LogP contribution in [0.1, 0.15) is 65.5 Å². The van der Waals surface area contributed by atoms with Gasteiger partial charge < -0.3 is 25.4 Å². The molecule has 0 aliphatic rings. The summed E-state index contributed by atoms with van der Waals surface area (Å²) in [6.07, 6.45) is 1.70. The van der Waals surface area contributed by atoms with Gasteiger partial charge in [0.2, 0.25) is 11.8 Å². The number of aromatic hydroxyl groups is 1. The number of nitrogens with zero attached hydrogens (tertiary/aromatic N) is 1. The molecule has 1 aromatic rings. The zero-order chi connectivity index (χ0) is 22.7. The zero-order valence-corrected chi connectivity index (χ0v) is 18.7. The van der Waals surface area contributed by atoms with Crippen LogP contribution in [0.2, 0.25) is 0 Å². The summed E-state index contributed by atoms with van der Waals surface area (Å²) < 4.78 is 5.17. The van der Waals surface area contributed by atoms with Gasteiger partial charge in [-0.2, -0.15) is 0 Å². The lowest BCUT2D eigenvalue weighted by Crippen LogP contribution is -2.48. The van der Waals surface area contributed by atoms with E-state index in [-0.39, 0.29) is 18.2 Å². The highest BCUT2D eigenvalue weighted by Gasteiger charge is 2.31. The maximum absolute atomic E-state index is 13.0. The number of phenols is 1. The number of carbonyl (C=O) groups excluding carboxylic acids is 3. The fourth-order valence-corrected chi connectivity index (χ4v) is 2.82. The van der Waals surface area contributed by atoms with Crippen molar-refractivity contribution in [3.05, 3.63) is 29.8 Å². The highest BCUT2D eigenvalue weighted by molar-refractivity contribution is 5.90. The molecule has 3 amide bonds. The monoisotopic (exact) mass is 421 g/mol. The number of carbonyl (C=O) groups is 3. The molecule has 0 saturated heterocycles. The second-order valence-electron chi connectivity index (χ2n) is 8.08. The van der Waals surface area contributed by atoms with Crippen molar-refractivity contribution >= 4 is 17.9 Å². The van der Waals surface area contributed by atoms with E-state index >= 15 is 0 Å². The van der Waals surface area contributed by atoms with E-state index in [4.69, 9.17) is 4.74 Å². The summed E-state index contributed by atoms with van der Waals surface area (Å²) in [5.41, 5.74) is -0.0925.